The molecule has 19 heavy (non-hydrogen) atoms. The molecule has 1 aromatic heterocycles. The van der Waals surface area contributed by atoms with Gasteiger partial charge in [-0.2, -0.15) is 0 Å². The minimum atomic E-state index is 0.282. The Balaban J connectivity index is 1.63. The third-order valence-corrected chi connectivity index (χ3v) is 4.69. The van der Waals surface area contributed by atoms with Crippen molar-refractivity contribution in [1.29, 1.82) is 0 Å². The number of rotatable bonds is 3. The predicted octanol–water partition coefficient (Wildman–Crippen LogP) is 0.826. The zero-order chi connectivity index (χ0) is 13.2. The quantitative estimate of drug-likeness (QED) is 0.877. The van der Waals surface area contributed by atoms with Gasteiger partial charge in [-0.1, -0.05) is 6.92 Å². The van der Waals surface area contributed by atoms with Crippen LogP contribution < -0.4 is 5.73 Å². The highest BCUT2D eigenvalue weighted by Gasteiger charge is 2.24. The Morgan fingerprint density at radius 1 is 1.21 bits per heavy atom. The van der Waals surface area contributed by atoms with E-state index in [9.17, 15) is 0 Å². The van der Waals surface area contributed by atoms with Crippen molar-refractivity contribution in [3.05, 3.63) is 11.6 Å². The molecule has 3 heterocycles. The molecule has 1 unspecified atom stereocenters. The normalized spacial score (nSPS) is 25.5. The summed E-state index contributed by atoms with van der Waals surface area (Å²) in [5, 5.41) is 8.74. The fourth-order valence-corrected chi connectivity index (χ4v) is 3.32. The summed E-state index contributed by atoms with van der Waals surface area (Å²) in [5.41, 5.74) is 6.06. The van der Waals surface area contributed by atoms with Crippen molar-refractivity contribution >= 4 is 0 Å². The smallest absolute Gasteiger partial charge is 0.133 e. The fourth-order valence-electron chi connectivity index (χ4n) is 3.32. The largest absolute Gasteiger partial charge is 0.326 e. The maximum Gasteiger partial charge on any atom is 0.133 e. The Morgan fingerprint density at radius 3 is 2.74 bits per heavy atom. The SMILES string of the molecule is CCN1CCC(Cc2nnc3n2CC(N)CC3)CC1. The highest BCUT2D eigenvalue weighted by atomic mass is 15.3. The lowest BCUT2D eigenvalue weighted by molar-refractivity contribution is 0.190. The van der Waals surface area contributed by atoms with E-state index >= 15 is 0 Å². The molecule has 1 atom stereocenters. The molecule has 0 amide bonds. The molecule has 106 valence electrons. The van der Waals surface area contributed by atoms with Crippen molar-refractivity contribution in [1.82, 2.24) is 19.7 Å². The van der Waals surface area contributed by atoms with Gasteiger partial charge in [0, 0.05) is 25.4 Å². The minimum absolute atomic E-state index is 0.282. The van der Waals surface area contributed by atoms with Gasteiger partial charge in [0.25, 0.3) is 0 Å². The highest BCUT2D eigenvalue weighted by molar-refractivity contribution is 5.02. The maximum absolute atomic E-state index is 6.06. The Hall–Kier alpha value is -0.940. The minimum Gasteiger partial charge on any atom is -0.326 e. The molecular weight excluding hydrogens is 238 g/mol. The van der Waals surface area contributed by atoms with Crippen LogP contribution in [-0.4, -0.2) is 45.3 Å². The summed E-state index contributed by atoms with van der Waals surface area (Å²) in [6.07, 6.45) is 5.71. The van der Waals surface area contributed by atoms with Crippen LogP contribution >= 0.6 is 0 Å². The molecule has 0 spiro atoms. The molecular formula is C14H25N5. The number of piperidine rings is 1. The number of nitrogens with two attached hydrogens (primary N) is 1. The molecule has 1 aromatic rings. The van der Waals surface area contributed by atoms with Gasteiger partial charge >= 0.3 is 0 Å². The van der Waals surface area contributed by atoms with E-state index in [0.717, 1.165) is 37.5 Å². The van der Waals surface area contributed by atoms with E-state index in [2.05, 4.69) is 26.6 Å². The second-order valence-electron chi connectivity index (χ2n) is 6.02. The lowest BCUT2D eigenvalue weighted by Gasteiger charge is -2.31. The molecule has 0 aliphatic carbocycles. The first-order valence-corrected chi connectivity index (χ1v) is 7.65. The van der Waals surface area contributed by atoms with Crippen LogP contribution in [0.1, 0.15) is 37.8 Å². The lowest BCUT2D eigenvalue weighted by atomic mass is 9.93. The van der Waals surface area contributed by atoms with Gasteiger partial charge < -0.3 is 15.2 Å². The Kier molecular flexibility index (Phi) is 3.84. The van der Waals surface area contributed by atoms with Crippen molar-refractivity contribution in [2.45, 2.75) is 51.6 Å². The van der Waals surface area contributed by atoms with Crippen LogP contribution in [0.25, 0.3) is 0 Å². The number of hydrogen-bond donors (Lipinski definition) is 1. The first-order chi connectivity index (χ1) is 9.26. The summed E-state index contributed by atoms with van der Waals surface area (Å²) >= 11 is 0. The van der Waals surface area contributed by atoms with Crippen LogP contribution in [0.4, 0.5) is 0 Å². The van der Waals surface area contributed by atoms with Crippen molar-refractivity contribution in [3.63, 3.8) is 0 Å². The van der Waals surface area contributed by atoms with E-state index in [4.69, 9.17) is 5.73 Å². The van der Waals surface area contributed by atoms with Crippen molar-refractivity contribution < 1.29 is 0 Å². The van der Waals surface area contributed by atoms with E-state index in [1.54, 1.807) is 0 Å². The Bertz CT molecular complexity index is 419. The first-order valence-electron chi connectivity index (χ1n) is 7.65. The van der Waals surface area contributed by atoms with Gasteiger partial charge in [0.1, 0.15) is 11.6 Å². The van der Waals surface area contributed by atoms with Crippen molar-refractivity contribution in [2.75, 3.05) is 19.6 Å². The van der Waals surface area contributed by atoms with Gasteiger partial charge in [0.05, 0.1) is 0 Å². The molecule has 0 aromatic carbocycles. The van der Waals surface area contributed by atoms with E-state index in [0.29, 0.717) is 0 Å². The second-order valence-corrected chi connectivity index (χ2v) is 6.02. The second kappa shape index (κ2) is 5.59. The van der Waals surface area contributed by atoms with Crippen LogP contribution in [0.15, 0.2) is 0 Å². The summed E-state index contributed by atoms with van der Waals surface area (Å²) < 4.78 is 2.28. The van der Waals surface area contributed by atoms with E-state index < -0.39 is 0 Å². The summed E-state index contributed by atoms with van der Waals surface area (Å²) in [5.74, 6) is 3.08. The van der Waals surface area contributed by atoms with E-state index in [-0.39, 0.29) is 6.04 Å². The van der Waals surface area contributed by atoms with Gasteiger partial charge in [-0.25, -0.2) is 0 Å². The molecule has 0 radical (unpaired) electrons. The third-order valence-electron chi connectivity index (χ3n) is 4.69. The number of hydrogen-bond acceptors (Lipinski definition) is 4. The lowest BCUT2D eigenvalue weighted by Crippen LogP contribution is -2.35. The Labute approximate surface area is 115 Å². The molecule has 1 saturated heterocycles. The number of likely N-dealkylation sites (tertiary alicyclic amines) is 1. The predicted molar refractivity (Wildman–Crippen MR) is 74.9 cm³/mol. The van der Waals surface area contributed by atoms with Crippen LogP contribution in [0, 0.1) is 5.92 Å². The molecule has 5 heteroatoms. The van der Waals surface area contributed by atoms with E-state index in [1.165, 1.54) is 38.3 Å². The number of nitrogens with zero attached hydrogens (tertiary/aromatic N) is 4. The molecule has 1 fully saturated rings. The molecule has 0 saturated carbocycles. The standard InChI is InChI=1S/C14H25N5/c1-2-18-7-5-11(6-8-18)9-14-17-16-13-4-3-12(15)10-19(13)14/h11-12H,2-10,15H2,1H3. The summed E-state index contributed by atoms with van der Waals surface area (Å²) in [7, 11) is 0. The van der Waals surface area contributed by atoms with Gasteiger partial charge in [-0.3, -0.25) is 0 Å². The van der Waals surface area contributed by atoms with Crippen LogP contribution in [0.2, 0.25) is 0 Å². The third kappa shape index (κ3) is 2.82. The summed E-state index contributed by atoms with van der Waals surface area (Å²) in [6, 6.07) is 0.282. The summed E-state index contributed by atoms with van der Waals surface area (Å²) in [4.78, 5) is 2.53. The monoisotopic (exact) mass is 263 g/mol. The van der Waals surface area contributed by atoms with Crippen LogP contribution in [0.5, 0.6) is 0 Å². The zero-order valence-electron chi connectivity index (χ0n) is 11.9. The maximum atomic E-state index is 6.06. The molecule has 3 rings (SSSR count). The Morgan fingerprint density at radius 2 is 2.00 bits per heavy atom. The van der Waals surface area contributed by atoms with Crippen LogP contribution in [0.3, 0.4) is 0 Å². The van der Waals surface area contributed by atoms with Crippen LogP contribution in [-0.2, 0) is 19.4 Å². The molecule has 2 N–H and O–H groups in total. The highest BCUT2D eigenvalue weighted by Crippen LogP contribution is 2.22. The van der Waals surface area contributed by atoms with Gasteiger partial charge in [0.15, 0.2) is 0 Å². The number of fused-ring (bicyclic) bond motifs is 1. The fraction of sp³-hybridized carbons (Fsp3) is 0.857. The van der Waals surface area contributed by atoms with Crippen molar-refractivity contribution in [3.8, 4) is 0 Å². The zero-order valence-corrected chi connectivity index (χ0v) is 11.9. The molecule has 5 nitrogen and oxygen atoms in total. The first kappa shape index (κ1) is 13.1. The average Bonchev–Trinajstić information content (AvgIpc) is 2.82. The van der Waals surface area contributed by atoms with E-state index in [1.807, 2.05) is 0 Å². The topological polar surface area (TPSA) is 60.0 Å². The van der Waals surface area contributed by atoms with Gasteiger partial charge in [-0.15, -0.1) is 10.2 Å². The molecule has 0 bridgehead atoms. The van der Waals surface area contributed by atoms with Crippen molar-refractivity contribution in [2.24, 2.45) is 11.7 Å². The van der Waals surface area contributed by atoms with Gasteiger partial charge in [0.2, 0.25) is 0 Å². The average molecular weight is 263 g/mol. The van der Waals surface area contributed by atoms with Gasteiger partial charge in [-0.05, 0) is 44.8 Å². The molecule has 2 aliphatic rings. The number of aromatic nitrogens is 3. The molecule has 2 aliphatic heterocycles. The number of aryl methyl sites for hydroxylation is 1. The summed E-state index contributed by atoms with van der Waals surface area (Å²) in [6.45, 7) is 6.81.